The molecule has 1 aromatic carbocycles. The molecule has 0 aromatic heterocycles. The Morgan fingerprint density at radius 3 is 2.26 bits per heavy atom. The van der Waals surface area contributed by atoms with Crippen LogP contribution >= 0.6 is 0 Å². The molecule has 104 valence electrons. The molecule has 3 nitrogen and oxygen atoms in total. The van der Waals surface area contributed by atoms with Crippen molar-refractivity contribution in [2.45, 2.75) is 19.3 Å². The third-order valence-electron chi connectivity index (χ3n) is 4.46. The van der Waals surface area contributed by atoms with Crippen molar-refractivity contribution < 1.29 is 0 Å². The third-order valence-corrected chi connectivity index (χ3v) is 4.46. The number of benzene rings is 1. The Morgan fingerprint density at radius 1 is 1.00 bits per heavy atom. The van der Waals surface area contributed by atoms with Gasteiger partial charge in [0.1, 0.15) is 0 Å². The van der Waals surface area contributed by atoms with Crippen LogP contribution < -0.4 is 15.1 Å². The largest absolute Gasteiger partial charge is 0.372 e. The summed E-state index contributed by atoms with van der Waals surface area (Å²) in [7, 11) is 2.05. The predicted molar refractivity (Wildman–Crippen MR) is 82.1 cm³/mol. The van der Waals surface area contributed by atoms with Gasteiger partial charge in [-0.2, -0.15) is 0 Å². The van der Waals surface area contributed by atoms with Gasteiger partial charge >= 0.3 is 0 Å². The molecule has 0 spiro atoms. The SMILES string of the molecule is CNCC1CCN(c2ccc(N3CCCC3)cc2)C1. The third kappa shape index (κ3) is 2.86. The first-order valence-electron chi connectivity index (χ1n) is 7.61. The van der Waals surface area contributed by atoms with Gasteiger partial charge < -0.3 is 15.1 Å². The summed E-state index contributed by atoms with van der Waals surface area (Å²) in [6, 6.07) is 9.20. The van der Waals surface area contributed by atoms with E-state index in [-0.39, 0.29) is 0 Å². The van der Waals surface area contributed by atoms with Gasteiger partial charge in [-0.3, -0.25) is 0 Å². The summed E-state index contributed by atoms with van der Waals surface area (Å²) in [6.07, 6.45) is 4.01. The molecule has 0 radical (unpaired) electrons. The van der Waals surface area contributed by atoms with Crippen molar-refractivity contribution in [1.82, 2.24) is 5.32 Å². The van der Waals surface area contributed by atoms with Gasteiger partial charge in [0.25, 0.3) is 0 Å². The minimum Gasteiger partial charge on any atom is -0.372 e. The van der Waals surface area contributed by atoms with Gasteiger partial charge in [-0.25, -0.2) is 0 Å². The maximum absolute atomic E-state index is 3.29. The molecule has 2 aliphatic heterocycles. The highest BCUT2D eigenvalue weighted by Gasteiger charge is 2.22. The molecule has 2 fully saturated rings. The van der Waals surface area contributed by atoms with Crippen molar-refractivity contribution in [3.05, 3.63) is 24.3 Å². The van der Waals surface area contributed by atoms with Gasteiger partial charge in [-0.05, 0) is 63.0 Å². The number of hydrogen-bond acceptors (Lipinski definition) is 3. The second-order valence-corrected chi connectivity index (χ2v) is 5.87. The maximum Gasteiger partial charge on any atom is 0.0367 e. The van der Waals surface area contributed by atoms with Crippen LogP contribution in [0.1, 0.15) is 19.3 Å². The van der Waals surface area contributed by atoms with E-state index in [0.29, 0.717) is 0 Å². The summed E-state index contributed by atoms with van der Waals surface area (Å²) in [5.41, 5.74) is 2.79. The second-order valence-electron chi connectivity index (χ2n) is 5.87. The number of nitrogens with zero attached hydrogens (tertiary/aromatic N) is 2. The molecule has 0 bridgehead atoms. The van der Waals surface area contributed by atoms with E-state index in [1.807, 2.05) is 7.05 Å². The van der Waals surface area contributed by atoms with E-state index in [1.165, 1.54) is 56.8 Å². The molecule has 1 N–H and O–H groups in total. The molecule has 0 amide bonds. The first kappa shape index (κ1) is 12.8. The van der Waals surface area contributed by atoms with Crippen molar-refractivity contribution in [1.29, 1.82) is 0 Å². The first-order valence-corrected chi connectivity index (χ1v) is 7.61. The topological polar surface area (TPSA) is 18.5 Å². The molecule has 2 heterocycles. The Balaban J connectivity index is 1.62. The summed E-state index contributed by atoms with van der Waals surface area (Å²) >= 11 is 0. The van der Waals surface area contributed by atoms with Crippen LogP contribution in [0.3, 0.4) is 0 Å². The standard InChI is InChI=1S/C16H25N3/c1-17-12-14-8-11-19(13-14)16-6-4-15(5-7-16)18-9-2-3-10-18/h4-7,14,17H,2-3,8-13H2,1H3. The molecule has 2 aliphatic rings. The fourth-order valence-electron chi connectivity index (χ4n) is 3.37. The van der Waals surface area contributed by atoms with Gasteiger partial charge in [0.2, 0.25) is 0 Å². The lowest BCUT2D eigenvalue weighted by Gasteiger charge is -2.22. The van der Waals surface area contributed by atoms with Gasteiger partial charge in [-0.15, -0.1) is 0 Å². The summed E-state index contributed by atoms with van der Waals surface area (Å²) in [5, 5.41) is 3.29. The summed E-state index contributed by atoms with van der Waals surface area (Å²) in [6.45, 7) is 6.00. The van der Waals surface area contributed by atoms with Crippen molar-refractivity contribution in [2.24, 2.45) is 5.92 Å². The lowest BCUT2D eigenvalue weighted by molar-refractivity contribution is 0.549. The Bertz CT molecular complexity index is 395. The van der Waals surface area contributed by atoms with Crippen LogP contribution in [-0.4, -0.2) is 39.8 Å². The normalized spacial score (nSPS) is 23.3. The Kier molecular flexibility index (Phi) is 3.92. The lowest BCUT2D eigenvalue weighted by atomic mass is 10.1. The fraction of sp³-hybridized carbons (Fsp3) is 0.625. The Hall–Kier alpha value is -1.22. The van der Waals surface area contributed by atoms with Crippen molar-refractivity contribution in [2.75, 3.05) is 49.6 Å². The van der Waals surface area contributed by atoms with Crippen LogP contribution in [0, 0.1) is 5.92 Å². The second kappa shape index (κ2) is 5.83. The average molecular weight is 259 g/mol. The molecule has 0 aliphatic carbocycles. The zero-order valence-electron chi connectivity index (χ0n) is 11.9. The predicted octanol–water partition coefficient (Wildman–Crippen LogP) is 2.33. The van der Waals surface area contributed by atoms with Crippen LogP contribution in [-0.2, 0) is 0 Å². The van der Waals surface area contributed by atoms with E-state index in [1.54, 1.807) is 0 Å². The molecule has 3 rings (SSSR count). The minimum atomic E-state index is 0.809. The molecular weight excluding hydrogens is 234 g/mol. The van der Waals surface area contributed by atoms with Crippen molar-refractivity contribution >= 4 is 11.4 Å². The molecule has 19 heavy (non-hydrogen) atoms. The van der Waals surface area contributed by atoms with Crippen molar-refractivity contribution in [3.8, 4) is 0 Å². The van der Waals surface area contributed by atoms with Gasteiger partial charge in [0.15, 0.2) is 0 Å². The van der Waals surface area contributed by atoms with E-state index in [9.17, 15) is 0 Å². The lowest BCUT2D eigenvalue weighted by Crippen LogP contribution is -2.24. The first-order chi connectivity index (χ1) is 9.36. The molecular formula is C16H25N3. The highest BCUT2D eigenvalue weighted by Crippen LogP contribution is 2.27. The number of nitrogens with one attached hydrogen (secondary N) is 1. The molecule has 0 saturated carbocycles. The maximum atomic E-state index is 3.29. The van der Waals surface area contributed by atoms with Crippen molar-refractivity contribution in [3.63, 3.8) is 0 Å². The van der Waals surface area contributed by atoms with Crippen LogP contribution in [0.4, 0.5) is 11.4 Å². The van der Waals surface area contributed by atoms with Gasteiger partial charge in [-0.1, -0.05) is 0 Å². The minimum absolute atomic E-state index is 0.809. The molecule has 1 atom stereocenters. The zero-order chi connectivity index (χ0) is 13.1. The summed E-state index contributed by atoms with van der Waals surface area (Å²) in [5.74, 6) is 0.809. The highest BCUT2D eigenvalue weighted by molar-refractivity contribution is 5.57. The van der Waals surface area contributed by atoms with Crippen LogP contribution in [0.2, 0.25) is 0 Å². The fourth-order valence-corrected chi connectivity index (χ4v) is 3.37. The monoisotopic (exact) mass is 259 g/mol. The quantitative estimate of drug-likeness (QED) is 0.895. The molecule has 2 saturated heterocycles. The van der Waals surface area contributed by atoms with Gasteiger partial charge in [0, 0.05) is 37.6 Å². The Morgan fingerprint density at radius 2 is 1.63 bits per heavy atom. The van der Waals surface area contributed by atoms with Gasteiger partial charge in [0.05, 0.1) is 0 Å². The van der Waals surface area contributed by atoms with Crippen LogP contribution in [0.5, 0.6) is 0 Å². The summed E-state index contributed by atoms with van der Waals surface area (Å²) < 4.78 is 0. The number of rotatable bonds is 4. The molecule has 1 aromatic rings. The van der Waals surface area contributed by atoms with E-state index >= 15 is 0 Å². The average Bonchev–Trinajstić information content (AvgIpc) is 3.10. The highest BCUT2D eigenvalue weighted by atomic mass is 15.2. The van der Waals surface area contributed by atoms with E-state index in [4.69, 9.17) is 0 Å². The Labute approximate surface area is 116 Å². The van der Waals surface area contributed by atoms with E-state index in [0.717, 1.165) is 12.5 Å². The van der Waals surface area contributed by atoms with E-state index in [2.05, 4.69) is 39.4 Å². The number of anilines is 2. The number of hydrogen-bond donors (Lipinski definition) is 1. The summed E-state index contributed by atoms with van der Waals surface area (Å²) in [4.78, 5) is 5.02. The van der Waals surface area contributed by atoms with Crippen LogP contribution in [0.25, 0.3) is 0 Å². The zero-order valence-corrected chi connectivity index (χ0v) is 11.9. The molecule has 1 unspecified atom stereocenters. The molecule has 3 heteroatoms. The smallest absolute Gasteiger partial charge is 0.0367 e. The van der Waals surface area contributed by atoms with Crippen LogP contribution in [0.15, 0.2) is 24.3 Å². The van der Waals surface area contributed by atoms with E-state index < -0.39 is 0 Å².